The number of ether oxygens (including phenoxy) is 2. The average molecular weight is 497 g/mol. The van der Waals surface area contributed by atoms with Crippen molar-refractivity contribution in [1.82, 2.24) is 5.32 Å². The van der Waals surface area contributed by atoms with Crippen LogP contribution < -0.4 is 19.7 Å². The predicted molar refractivity (Wildman–Crippen MR) is 129 cm³/mol. The van der Waals surface area contributed by atoms with Crippen molar-refractivity contribution in [3.8, 4) is 11.5 Å². The first kappa shape index (κ1) is 23.4. The molecule has 0 unspecified atom stereocenters. The number of carbonyl (C=O) groups excluding carboxylic acids is 3. The largest absolute Gasteiger partial charge is 0.493 e. The monoisotopic (exact) mass is 496 g/mol. The van der Waals surface area contributed by atoms with E-state index in [9.17, 15) is 14.4 Å². The van der Waals surface area contributed by atoms with E-state index in [1.165, 1.54) is 19.3 Å². The fourth-order valence-corrected chi connectivity index (χ4v) is 3.66. The Labute approximate surface area is 205 Å². The number of anilines is 1. The van der Waals surface area contributed by atoms with Gasteiger partial charge in [-0.2, -0.15) is 0 Å². The van der Waals surface area contributed by atoms with Crippen molar-refractivity contribution in [2.75, 3.05) is 12.0 Å². The summed E-state index contributed by atoms with van der Waals surface area (Å²) in [7, 11) is 1.48. The van der Waals surface area contributed by atoms with Crippen molar-refractivity contribution in [2.45, 2.75) is 6.61 Å². The normalized spacial score (nSPS) is 14.9. The molecule has 0 aromatic heterocycles. The van der Waals surface area contributed by atoms with Crippen LogP contribution in [-0.2, 0) is 16.2 Å². The Kier molecular flexibility index (Phi) is 6.86. The molecule has 1 heterocycles. The molecule has 0 bridgehead atoms. The lowest BCUT2D eigenvalue weighted by Crippen LogP contribution is -2.54. The van der Waals surface area contributed by atoms with Crippen LogP contribution in [0.1, 0.15) is 11.1 Å². The summed E-state index contributed by atoms with van der Waals surface area (Å²) in [5.41, 5.74) is 1.37. The van der Waals surface area contributed by atoms with Gasteiger partial charge in [0.1, 0.15) is 12.2 Å². The second-order valence-corrected chi connectivity index (χ2v) is 8.08. The molecule has 1 N–H and O–H groups in total. The van der Waals surface area contributed by atoms with Gasteiger partial charge in [-0.25, -0.2) is 9.69 Å². The summed E-state index contributed by atoms with van der Waals surface area (Å²) in [6.07, 6.45) is 1.37. The van der Waals surface area contributed by atoms with E-state index in [-0.39, 0.29) is 16.3 Å². The predicted octanol–water partition coefficient (Wildman–Crippen LogP) is 5.25. The Morgan fingerprint density at radius 3 is 2.38 bits per heavy atom. The van der Waals surface area contributed by atoms with Crippen molar-refractivity contribution in [2.24, 2.45) is 0 Å². The van der Waals surface area contributed by atoms with Crippen molar-refractivity contribution in [1.29, 1.82) is 0 Å². The number of carbonyl (C=O) groups is 3. The van der Waals surface area contributed by atoms with Gasteiger partial charge >= 0.3 is 6.03 Å². The zero-order valence-corrected chi connectivity index (χ0v) is 19.4. The molecule has 3 aromatic rings. The van der Waals surface area contributed by atoms with E-state index in [0.717, 1.165) is 10.5 Å². The third-order valence-electron chi connectivity index (χ3n) is 5.00. The minimum atomic E-state index is -0.872. The molecule has 0 spiro atoms. The van der Waals surface area contributed by atoms with Gasteiger partial charge in [-0.05, 0) is 53.6 Å². The molecule has 0 atom stereocenters. The van der Waals surface area contributed by atoms with Gasteiger partial charge in [0.15, 0.2) is 11.5 Å². The lowest BCUT2D eigenvalue weighted by atomic mass is 10.1. The molecular formula is C25H18Cl2N2O5. The number of nitrogens with one attached hydrogen (secondary N) is 1. The van der Waals surface area contributed by atoms with E-state index in [4.69, 9.17) is 32.7 Å². The van der Waals surface area contributed by atoms with Gasteiger partial charge in [-0.3, -0.25) is 14.9 Å². The number of barbiturate groups is 1. The smallest absolute Gasteiger partial charge is 0.335 e. The van der Waals surface area contributed by atoms with Gasteiger partial charge in [-0.15, -0.1) is 0 Å². The molecule has 3 aromatic carbocycles. The second kappa shape index (κ2) is 9.99. The molecule has 0 aliphatic carbocycles. The van der Waals surface area contributed by atoms with Gasteiger partial charge in [0.2, 0.25) is 0 Å². The van der Waals surface area contributed by atoms with E-state index in [0.29, 0.717) is 28.7 Å². The summed E-state index contributed by atoms with van der Waals surface area (Å²) in [5, 5.41) is 3.01. The summed E-state index contributed by atoms with van der Waals surface area (Å²) < 4.78 is 11.3. The number of methoxy groups -OCH3 is 1. The maximum atomic E-state index is 13.1. The number of imide groups is 2. The van der Waals surface area contributed by atoms with E-state index in [2.05, 4.69) is 5.32 Å². The Bertz CT molecular complexity index is 1300. The Hall–Kier alpha value is -3.81. The molecule has 4 amide bonds. The highest BCUT2D eigenvalue weighted by Gasteiger charge is 2.37. The van der Waals surface area contributed by atoms with Crippen LogP contribution in [0.4, 0.5) is 10.5 Å². The number of amides is 4. The van der Waals surface area contributed by atoms with Crippen LogP contribution in [0.2, 0.25) is 10.0 Å². The fourth-order valence-electron chi connectivity index (χ4n) is 3.31. The molecule has 1 aliphatic heterocycles. The lowest BCUT2D eigenvalue weighted by molar-refractivity contribution is -0.122. The average Bonchev–Trinajstić information content (AvgIpc) is 2.83. The highest BCUT2D eigenvalue weighted by molar-refractivity contribution is 6.42. The van der Waals surface area contributed by atoms with E-state index >= 15 is 0 Å². The minimum Gasteiger partial charge on any atom is -0.493 e. The maximum absolute atomic E-state index is 13.1. The molecule has 7 nitrogen and oxygen atoms in total. The number of rotatable bonds is 6. The summed E-state index contributed by atoms with van der Waals surface area (Å²) in [4.78, 5) is 38.7. The fraction of sp³-hybridized carbons (Fsp3) is 0.0800. The van der Waals surface area contributed by atoms with Gasteiger partial charge in [-0.1, -0.05) is 53.5 Å². The van der Waals surface area contributed by atoms with Crippen LogP contribution in [-0.4, -0.2) is 25.0 Å². The first-order valence-electron chi connectivity index (χ1n) is 10.1. The summed E-state index contributed by atoms with van der Waals surface area (Å²) in [6.45, 7) is 0.295. The topological polar surface area (TPSA) is 84.9 Å². The maximum Gasteiger partial charge on any atom is 0.335 e. The van der Waals surface area contributed by atoms with Crippen LogP contribution in [0.3, 0.4) is 0 Å². The Balaban J connectivity index is 1.60. The number of nitrogens with zero attached hydrogens (tertiary/aromatic N) is 1. The molecule has 1 saturated heterocycles. The first-order valence-corrected chi connectivity index (χ1v) is 10.8. The van der Waals surface area contributed by atoms with Gasteiger partial charge < -0.3 is 9.47 Å². The third-order valence-corrected chi connectivity index (χ3v) is 5.57. The second-order valence-electron chi connectivity index (χ2n) is 7.23. The van der Waals surface area contributed by atoms with Crippen LogP contribution >= 0.6 is 23.2 Å². The first-order chi connectivity index (χ1) is 16.4. The Morgan fingerprint density at radius 2 is 1.68 bits per heavy atom. The SMILES string of the molecule is COc1cc(/C=C2\C(=O)NC(=O)N(c3ccccc3Cl)C2=O)ccc1OCc1ccc(Cl)cc1. The van der Waals surface area contributed by atoms with E-state index in [1.807, 2.05) is 12.1 Å². The van der Waals surface area contributed by atoms with E-state index < -0.39 is 17.8 Å². The summed E-state index contributed by atoms with van der Waals surface area (Å²) in [5.74, 6) is -0.706. The molecule has 34 heavy (non-hydrogen) atoms. The molecule has 1 fully saturated rings. The molecule has 9 heteroatoms. The lowest BCUT2D eigenvalue weighted by Gasteiger charge is -2.27. The number of hydrogen-bond donors (Lipinski definition) is 1. The van der Waals surface area contributed by atoms with Crippen molar-refractivity contribution < 1.29 is 23.9 Å². The van der Waals surface area contributed by atoms with Gasteiger partial charge in [0.05, 0.1) is 17.8 Å². The number of benzene rings is 3. The summed E-state index contributed by atoms with van der Waals surface area (Å²) >= 11 is 12.1. The zero-order chi connectivity index (χ0) is 24.2. The van der Waals surface area contributed by atoms with Crippen molar-refractivity contribution >= 4 is 52.8 Å². The van der Waals surface area contributed by atoms with Crippen LogP contribution in [0, 0.1) is 0 Å². The van der Waals surface area contributed by atoms with Crippen LogP contribution in [0.15, 0.2) is 72.3 Å². The van der Waals surface area contributed by atoms with Gasteiger partial charge in [0, 0.05) is 5.02 Å². The third kappa shape index (κ3) is 4.90. The quantitative estimate of drug-likeness (QED) is 0.372. The number of para-hydroxylation sites is 1. The molecular weight excluding hydrogens is 479 g/mol. The number of urea groups is 1. The van der Waals surface area contributed by atoms with Crippen molar-refractivity contribution in [3.63, 3.8) is 0 Å². The molecule has 0 saturated carbocycles. The highest BCUT2D eigenvalue weighted by atomic mass is 35.5. The zero-order valence-electron chi connectivity index (χ0n) is 17.9. The molecule has 172 valence electrons. The highest BCUT2D eigenvalue weighted by Crippen LogP contribution is 2.32. The molecule has 0 radical (unpaired) electrons. The van der Waals surface area contributed by atoms with Crippen molar-refractivity contribution in [3.05, 3.63) is 93.5 Å². The number of hydrogen-bond acceptors (Lipinski definition) is 5. The standard InChI is InChI=1S/C25H18Cl2N2O5/c1-33-22-13-16(8-11-21(22)34-14-15-6-9-17(26)10-7-15)12-18-23(30)28-25(32)29(24(18)31)20-5-3-2-4-19(20)27/h2-13H,14H2,1H3,(H,28,30,32)/b18-12+. The van der Waals surface area contributed by atoms with Gasteiger partial charge in [0.25, 0.3) is 11.8 Å². The molecule has 1 aliphatic rings. The van der Waals surface area contributed by atoms with Crippen LogP contribution in [0.5, 0.6) is 11.5 Å². The van der Waals surface area contributed by atoms with E-state index in [1.54, 1.807) is 48.5 Å². The minimum absolute atomic E-state index is 0.175. The number of halogens is 2. The van der Waals surface area contributed by atoms with Crippen LogP contribution in [0.25, 0.3) is 6.08 Å². The Morgan fingerprint density at radius 1 is 0.941 bits per heavy atom. The molecule has 4 rings (SSSR count). The summed E-state index contributed by atoms with van der Waals surface area (Å²) in [6, 6.07) is 17.7.